The normalized spacial score (nSPS) is 15.8. The lowest BCUT2D eigenvalue weighted by Gasteiger charge is -2.34. The molecule has 0 atom stereocenters. The number of anilines is 1. The van der Waals surface area contributed by atoms with Crippen LogP contribution in [0.2, 0.25) is 0 Å². The topological polar surface area (TPSA) is 67.9 Å². The van der Waals surface area contributed by atoms with Crippen LogP contribution in [0, 0.1) is 0 Å². The maximum atomic E-state index is 12.1. The van der Waals surface area contributed by atoms with Crippen molar-refractivity contribution >= 4 is 18.1 Å². The van der Waals surface area contributed by atoms with Gasteiger partial charge in [-0.1, -0.05) is 0 Å². The SMILES string of the molecule is COc1cc(NC2CCN(C(=O)OC(C)(C)C)CC2)ccc1C=O. The van der Waals surface area contributed by atoms with Crippen molar-refractivity contribution in [2.24, 2.45) is 0 Å². The van der Waals surface area contributed by atoms with Gasteiger partial charge in [-0.3, -0.25) is 4.79 Å². The van der Waals surface area contributed by atoms with Crippen molar-refractivity contribution in [3.63, 3.8) is 0 Å². The fraction of sp³-hybridized carbons (Fsp3) is 0.556. The van der Waals surface area contributed by atoms with E-state index in [-0.39, 0.29) is 12.1 Å². The lowest BCUT2D eigenvalue weighted by atomic mass is 10.0. The lowest BCUT2D eigenvalue weighted by Crippen LogP contribution is -2.44. The van der Waals surface area contributed by atoms with E-state index in [4.69, 9.17) is 9.47 Å². The third-order valence-electron chi connectivity index (χ3n) is 3.88. The van der Waals surface area contributed by atoms with Gasteiger partial charge in [0.2, 0.25) is 0 Å². The van der Waals surface area contributed by atoms with E-state index in [1.807, 2.05) is 32.9 Å². The zero-order chi connectivity index (χ0) is 17.7. The summed E-state index contributed by atoms with van der Waals surface area (Å²) in [4.78, 5) is 24.8. The van der Waals surface area contributed by atoms with E-state index in [9.17, 15) is 9.59 Å². The highest BCUT2D eigenvalue weighted by Crippen LogP contribution is 2.24. The van der Waals surface area contributed by atoms with Crippen molar-refractivity contribution in [3.05, 3.63) is 23.8 Å². The van der Waals surface area contributed by atoms with Crippen molar-refractivity contribution in [2.45, 2.75) is 45.3 Å². The van der Waals surface area contributed by atoms with Crippen molar-refractivity contribution < 1.29 is 19.1 Å². The molecule has 1 aromatic rings. The molecule has 1 heterocycles. The molecule has 1 saturated heterocycles. The Balaban J connectivity index is 1.89. The van der Waals surface area contributed by atoms with Crippen LogP contribution in [0.4, 0.5) is 10.5 Å². The highest BCUT2D eigenvalue weighted by Gasteiger charge is 2.26. The van der Waals surface area contributed by atoms with Gasteiger partial charge in [-0.05, 0) is 45.7 Å². The third kappa shape index (κ3) is 4.88. The molecule has 1 N–H and O–H groups in total. The number of carbonyl (C=O) groups excluding carboxylic acids is 2. The van der Waals surface area contributed by atoms with Crippen LogP contribution in [0.15, 0.2) is 18.2 Å². The number of ether oxygens (including phenoxy) is 2. The first kappa shape index (κ1) is 18.1. The lowest BCUT2D eigenvalue weighted by molar-refractivity contribution is 0.0210. The molecule has 0 spiro atoms. The van der Waals surface area contributed by atoms with Crippen LogP contribution < -0.4 is 10.1 Å². The highest BCUT2D eigenvalue weighted by atomic mass is 16.6. The molecule has 0 unspecified atom stereocenters. The Morgan fingerprint density at radius 1 is 1.29 bits per heavy atom. The maximum absolute atomic E-state index is 12.1. The number of rotatable bonds is 4. The summed E-state index contributed by atoms with van der Waals surface area (Å²) in [6.07, 6.45) is 2.22. The summed E-state index contributed by atoms with van der Waals surface area (Å²) >= 11 is 0. The standard InChI is InChI=1S/C18H26N2O4/c1-18(2,3)24-17(22)20-9-7-14(8-10-20)19-15-6-5-13(12-21)16(11-15)23-4/h5-6,11-12,14,19H,7-10H2,1-4H3. The van der Waals surface area contributed by atoms with Gasteiger partial charge >= 0.3 is 6.09 Å². The van der Waals surface area contributed by atoms with Crippen LogP contribution >= 0.6 is 0 Å². The summed E-state index contributed by atoms with van der Waals surface area (Å²) in [7, 11) is 1.55. The Morgan fingerprint density at radius 2 is 1.96 bits per heavy atom. The fourth-order valence-electron chi connectivity index (χ4n) is 2.67. The molecule has 6 heteroatoms. The van der Waals surface area contributed by atoms with E-state index < -0.39 is 5.60 Å². The van der Waals surface area contributed by atoms with E-state index in [0.29, 0.717) is 24.4 Å². The average molecular weight is 334 g/mol. The molecule has 6 nitrogen and oxygen atoms in total. The maximum Gasteiger partial charge on any atom is 0.410 e. The number of methoxy groups -OCH3 is 1. The molecule has 132 valence electrons. The molecule has 0 bridgehead atoms. The summed E-state index contributed by atoms with van der Waals surface area (Å²) < 4.78 is 10.6. The Morgan fingerprint density at radius 3 is 2.50 bits per heavy atom. The van der Waals surface area contributed by atoms with Crippen molar-refractivity contribution in [1.82, 2.24) is 4.90 Å². The quantitative estimate of drug-likeness (QED) is 0.856. The molecular formula is C18H26N2O4. The second-order valence-corrected chi connectivity index (χ2v) is 6.96. The number of nitrogens with zero attached hydrogens (tertiary/aromatic N) is 1. The third-order valence-corrected chi connectivity index (χ3v) is 3.88. The number of hydrogen-bond donors (Lipinski definition) is 1. The van der Waals surface area contributed by atoms with Gasteiger partial charge in [-0.25, -0.2) is 4.79 Å². The first-order chi connectivity index (χ1) is 11.3. The van der Waals surface area contributed by atoms with Crippen LogP contribution in [-0.2, 0) is 4.74 Å². The molecular weight excluding hydrogens is 308 g/mol. The molecule has 1 aliphatic rings. The zero-order valence-corrected chi connectivity index (χ0v) is 14.8. The molecule has 1 fully saturated rings. The summed E-state index contributed by atoms with van der Waals surface area (Å²) in [5.74, 6) is 0.557. The second-order valence-electron chi connectivity index (χ2n) is 6.96. The highest BCUT2D eigenvalue weighted by molar-refractivity contribution is 5.80. The molecule has 1 aliphatic heterocycles. The van der Waals surface area contributed by atoms with Gasteiger partial charge in [0.25, 0.3) is 0 Å². The van der Waals surface area contributed by atoms with Crippen LogP contribution in [0.3, 0.4) is 0 Å². The van der Waals surface area contributed by atoms with Gasteiger partial charge in [0.1, 0.15) is 11.4 Å². The smallest absolute Gasteiger partial charge is 0.410 e. The van der Waals surface area contributed by atoms with Crippen molar-refractivity contribution in [3.8, 4) is 5.75 Å². The van der Waals surface area contributed by atoms with Gasteiger partial charge in [0, 0.05) is 30.9 Å². The van der Waals surface area contributed by atoms with Gasteiger partial charge in [-0.2, -0.15) is 0 Å². The minimum Gasteiger partial charge on any atom is -0.496 e. The second kappa shape index (κ2) is 7.55. The number of hydrogen-bond acceptors (Lipinski definition) is 5. The van der Waals surface area contributed by atoms with Gasteiger partial charge in [0.05, 0.1) is 12.7 Å². The van der Waals surface area contributed by atoms with E-state index in [2.05, 4.69) is 5.32 Å². The predicted octanol–water partition coefficient (Wildman–Crippen LogP) is 3.32. The summed E-state index contributed by atoms with van der Waals surface area (Å²) in [5.41, 5.74) is 0.972. The Hall–Kier alpha value is -2.24. The van der Waals surface area contributed by atoms with Crippen molar-refractivity contribution in [1.29, 1.82) is 0 Å². The van der Waals surface area contributed by atoms with Gasteiger partial charge < -0.3 is 19.7 Å². The summed E-state index contributed by atoms with van der Waals surface area (Å²) in [6.45, 7) is 6.94. The molecule has 2 rings (SSSR count). The molecule has 0 saturated carbocycles. The molecule has 24 heavy (non-hydrogen) atoms. The number of carbonyl (C=O) groups is 2. The van der Waals surface area contributed by atoms with Crippen LogP contribution in [0.5, 0.6) is 5.75 Å². The van der Waals surface area contributed by atoms with E-state index in [0.717, 1.165) is 24.8 Å². The molecule has 0 aromatic heterocycles. The number of aldehydes is 1. The first-order valence-electron chi connectivity index (χ1n) is 8.20. The number of benzene rings is 1. The monoisotopic (exact) mass is 334 g/mol. The molecule has 1 amide bonds. The minimum atomic E-state index is -0.469. The Labute approximate surface area is 143 Å². The van der Waals surface area contributed by atoms with Crippen LogP contribution in [0.1, 0.15) is 44.0 Å². The summed E-state index contributed by atoms with van der Waals surface area (Å²) in [5, 5.41) is 3.44. The number of nitrogens with one attached hydrogen (secondary N) is 1. The first-order valence-corrected chi connectivity index (χ1v) is 8.20. The van der Waals surface area contributed by atoms with E-state index >= 15 is 0 Å². The molecule has 1 aromatic carbocycles. The van der Waals surface area contributed by atoms with Crippen LogP contribution in [0.25, 0.3) is 0 Å². The average Bonchev–Trinajstić information content (AvgIpc) is 2.53. The predicted molar refractivity (Wildman–Crippen MR) is 92.8 cm³/mol. The number of piperidine rings is 1. The number of likely N-dealkylation sites (tertiary alicyclic amines) is 1. The zero-order valence-electron chi connectivity index (χ0n) is 14.8. The van der Waals surface area contributed by atoms with Gasteiger partial charge in [-0.15, -0.1) is 0 Å². The fourth-order valence-corrected chi connectivity index (χ4v) is 2.67. The van der Waals surface area contributed by atoms with Crippen LogP contribution in [-0.4, -0.2) is 49.1 Å². The van der Waals surface area contributed by atoms with E-state index in [1.54, 1.807) is 18.1 Å². The Kier molecular flexibility index (Phi) is 5.70. The molecule has 0 radical (unpaired) electrons. The minimum absolute atomic E-state index is 0.252. The largest absolute Gasteiger partial charge is 0.496 e. The summed E-state index contributed by atoms with van der Waals surface area (Å²) in [6, 6.07) is 5.70. The molecule has 0 aliphatic carbocycles. The Bertz CT molecular complexity index is 587. The van der Waals surface area contributed by atoms with Crippen molar-refractivity contribution in [2.75, 3.05) is 25.5 Å². The van der Waals surface area contributed by atoms with Gasteiger partial charge in [0.15, 0.2) is 6.29 Å². The number of amides is 1. The van der Waals surface area contributed by atoms with E-state index in [1.165, 1.54) is 0 Å².